The van der Waals surface area contributed by atoms with Crippen molar-refractivity contribution in [1.29, 1.82) is 0 Å². The van der Waals surface area contributed by atoms with Crippen LogP contribution in [0.2, 0.25) is 0 Å². The van der Waals surface area contributed by atoms with E-state index in [4.69, 9.17) is 23.2 Å². The third-order valence-electron chi connectivity index (χ3n) is 3.24. The quantitative estimate of drug-likeness (QED) is 0.693. The van der Waals surface area contributed by atoms with Crippen LogP contribution in [-0.2, 0) is 0 Å². The van der Waals surface area contributed by atoms with Gasteiger partial charge in [-0.05, 0) is 11.6 Å². The third kappa shape index (κ3) is 1.15. The Bertz CT molecular complexity index is 434. The van der Waals surface area contributed by atoms with Gasteiger partial charge in [0, 0.05) is 11.5 Å². The number of amides is 1. The minimum Gasteiger partial charge on any atom is -0.347 e. The van der Waals surface area contributed by atoms with Crippen molar-refractivity contribution in [3.63, 3.8) is 0 Å². The van der Waals surface area contributed by atoms with Gasteiger partial charge in [-0.15, -0.1) is 23.2 Å². The van der Waals surface area contributed by atoms with Gasteiger partial charge in [-0.25, -0.2) is 0 Å². The molecule has 0 unspecified atom stereocenters. The van der Waals surface area contributed by atoms with E-state index in [0.717, 1.165) is 11.1 Å². The molecule has 0 spiro atoms. The first-order valence-electron chi connectivity index (χ1n) is 4.88. The molecule has 1 aromatic carbocycles. The Morgan fingerprint density at radius 2 is 1.87 bits per heavy atom. The van der Waals surface area contributed by atoms with Gasteiger partial charge in [0.25, 0.3) is 5.91 Å². The van der Waals surface area contributed by atoms with Crippen LogP contribution in [0.1, 0.15) is 21.8 Å². The summed E-state index contributed by atoms with van der Waals surface area (Å²) in [5.74, 6) is 0.129. The highest BCUT2D eigenvalue weighted by molar-refractivity contribution is 6.33. The van der Waals surface area contributed by atoms with E-state index < -0.39 is 0 Å². The smallest absolute Gasteiger partial charge is 0.251 e. The molecule has 1 aliphatic heterocycles. The molecule has 1 N–H and O–H groups in total. The van der Waals surface area contributed by atoms with E-state index in [1.54, 1.807) is 0 Å². The summed E-state index contributed by atoms with van der Waals surface area (Å²) in [5, 5.41) is 2.65. The second-order valence-electron chi connectivity index (χ2n) is 4.00. The van der Waals surface area contributed by atoms with Gasteiger partial charge in [0.15, 0.2) is 0 Å². The van der Waals surface area contributed by atoms with Gasteiger partial charge in [0.05, 0.1) is 16.8 Å². The molecule has 3 rings (SSSR count). The summed E-state index contributed by atoms with van der Waals surface area (Å²) in [6, 6.07) is 7.57. The lowest BCUT2D eigenvalue weighted by Crippen LogP contribution is -2.63. The number of fused-ring (bicyclic) bond motifs is 3. The van der Waals surface area contributed by atoms with E-state index in [1.807, 2.05) is 24.3 Å². The minimum absolute atomic E-state index is 0.00318. The summed E-state index contributed by atoms with van der Waals surface area (Å²) in [6.45, 7) is 0. The van der Waals surface area contributed by atoms with Gasteiger partial charge >= 0.3 is 0 Å². The van der Waals surface area contributed by atoms with Gasteiger partial charge in [-0.2, -0.15) is 0 Å². The number of alkyl halides is 2. The van der Waals surface area contributed by atoms with Crippen LogP contribution < -0.4 is 5.32 Å². The molecule has 78 valence electrons. The lowest BCUT2D eigenvalue weighted by molar-refractivity contribution is 0.0884. The number of hydrogen-bond donors (Lipinski definition) is 1. The van der Waals surface area contributed by atoms with Crippen LogP contribution in [-0.4, -0.2) is 22.7 Å². The van der Waals surface area contributed by atoms with Gasteiger partial charge in [0.2, 0.25) is 0 Å². The van der Waals surface area contributed by atoms with Gasteiger partial charge in [-0.1, -0.05) is 18.2 Å². The number of halogens is 2. The zero-order valence-electron chi connectivity index (χ0n) is 7.78. The van der Waals surface area contributed by atoms with E-state index >= 15 is 0 Å². The van der Waals surface area contributed by atoms with E-state index in [2.05, 4.69) is 5.32 Å². The zero-order chi connectivity index (χ0) is 10.6. The van der Waals surface area contributed by atoms with Crippen molar-refractivity contribution in [3.8, 4) is 0 Å². The molecule has 4 heteroatoms. The number of nitrogens with one attached hydrogen (secondary N) is 1. The lowest BCUT2D eigenvalue weighted by Gasteiger charge is -2.49. The summed E-state index contributed by atoms with van der Waals surface area (Å²) >= 11 is 12.2. The molecule has 0 saturated heterocycles. The van der Waals surface area contributed by atoms with Gasteiger partial charge in [0.1, 0.15) is 0 Å². The lowest BCUT2D eigenvalue weighted by atomic mass is 9.70. The molecule has 1 heterocycles. The van der Waals surface area contributed by atoms with Crippen molar-refractivity contribution in [1.82, 2.24) is 5.32 Å². The Balaban J connectivity index is 2.10. The highest BCUT2D eigenvalue weighted by Gasteiger charge is 2.53. The van der Waals surface area contributed by atoms with Crippen molar-refractivity contribution >= 4 is 29.1 Å². The summed E-state index contributed by atoms with van der Waals surface area (Å²) in [7, 11) is 0. The van der Waals surface area contributed by atoms with E-state index in [9.17, 15) is 4.79 Å². The fraction of sp³-hybridized carbons (Fsp3) is 0.364. The second-order valence-corrected chi connectivity index (χ2v) is 5.01. The largest absolute Gasteiger partial charge is 0.347 e. The monoisotopic (exact) mass is 241 g/mol. The molecular weight excluding hydrogens is 233 g/mol. The van der Waals surface area contributed by atoms with E-state index in [-0.39, 0.29) is 28.6 Å². The molecular formula is C11H9Cl2NO. The molecule has 0 bridgehead atoms. The molecule has 1 aliphatic carbocycles. The van der Waals surface area contributed by atoms with Crippen molar-refractivity contribution in [2.75, 3.05) is 0 Å². The number of carbonyl (C=O) groups is 1. The molecule has 1 saturated carbocycles. The first-order valence-corrected chi connectivity index (χ1v) is 5.75. The van der Waals surface area contributed by atoms with Crippen LogP contribution >= 0.6 is 23.2 Å². The zero-order valence-corrected chi connectivity index (χ0v) is 9.29. The van der Waals surface area contributed by atoms with Crippen LogP contribution in [0.15, 0.2) is 24.3 Å². The van der Waals surface area contributed by atoms with Crippen molar-refractivity contribution in [3.05, 3.63) is 35.4 Å². The molecule has 4 atom stereocenters. The molecule has 15 heavy (non-hydrogen) atoms. The maximum Gasteiger partial charge on any atom is 0.251 e. The molecule has 2 nitrogen and oxygen atoms in total. The summed E-state index contributed by atoms with van der Waals surface area (Å²) in [6.07, 6.45) is 0. The van der Waals surface area contributed by atoms with E-state index in [0.29, 0.717) is 0 Å². The second kappa shape index (κ2) is 3.13. The Morgan fingerprint density at radius 1 is 1.13 bits per heavy atom. The van der Waals surface area contributed by atoms with Crippen LogP contribution in [0, 0.1) is 0 Å². The predicted octanol–water partition coefficient (Wildman–Crippen LogP) is 2.11. The fourth-order valence-corrected chi connectivity index (χ4v) is 3.23. The van der Waals surface area contributed by atoms with Gasteiger partial charge in [-0.3, -0.25) is 4.79 Å². The van der Waals surface area contributed by atoms with Gasteiger partial charge < -0.3 is 5.32 Å². The normalized spacial score (nSPS) is 37.3. The first kappa shape index (κ1) is 9.49. The van der Waals surface area contributed by atoms with Crippen LogP contribution in [0.4, 0.5) is 0 Å². The first-order chi connectivity index (χ1) is 7.20. The number of hydrogen-bond acceptors (Lipinski definition) is 1. The van der Waals surface area contributed by atoms with Crippen LogP contribution in [0.5, 0.6) is 0 Å². The van der Waals surface area contributed by atoms with Crippen LogP contribution in [0.3, 0.4) is 0 Å². The molecule has 2 aliphatic rings. The van der Waals surface area contributed by atoms with Crippen LogP contribution in [0.25, 0.3) is 0 Å². The molecule has 0 radical (unpaired) electrons. The Hall–Kier alpha value is -0.730. The third-order valence-corrected chi connectivity index (χ3v) is 4.45. The molecule has 1 fully saturated rings. The summed E-state index contributed by atoms with van der Waals surface area (Å²) < 4.78 is 0. The summed E-state index contributed by atoms with van der Waals surface area (Å²) in [5.41, 5.74) is 1.76. The molecule has 1 aromatic rings. The maximum absolute atomic E-state index is 11.7. The fourth-order valence-electron chi connectivity index (χ4n) is 2.40. The Kier molecular flexibility index (Phi) is 1.98. The predicted molar refractivity (Wildman–Crippen MR) is 59.7 cm³/mol. The van der Waals surface area contributed by atoms with E-state index in [1.165, 1.54) is 0 Å². The average molecular weight is 242 g/mol. The topological polar surface area (TPSA) is 29.1 Å². The Morgan fingerprint density at radius 3 is 2.67 bits per heavy atom. The Labute approximate surface area is 97.6 Å². The summed E-state index contributed by atoms with van der Waals surface area (Å²) in [4.78, 5) is 11.7. The number of rotatable bonds is 0. The molecule has 0 aromatic heterocycles. The highest BCUT2D eigenvalue weighted by Crippen LogP contribution is 2.47. The number of benzene rings is 1. The SMILES string of the molecule is O=C1N[C@H]2[C@@H](Cl)[C@H](Cl)[C@H]2c2ccccc21. The van der Waals surface area contributed by atoms with Crippen molar-refractivity contribution < 1.29 is 4.79 Å². The minimum atomic E-state index is -0.158. The highest BCUT2D eigenvalue weighted by atomic mass is 35.5. The maximum atomic E-state index is 11.7. The molecule has 1 amide bonds. The van der Waals surface area contributed by atoms with Crippen molar-refractivity contribution in [2.45, 2.75) is 22.7 Å². The average Bonchev–Trinajstić information content (AvgIpc) is 2.28. The number of carbonyl (C=O) groups excluding carboxylic acids is 1. The van der Waals surface area contributed by atoms with Crippen molar-refractivity contribution in [2.24, 2.45) is 0 Å². The standard InChI is InChI=1S/C11H9Cl2NO/c12-8-7-5-3-1-2-4-6(5)11(15)14-10(7)9(8)13/h1-4,7-10H,(H,14,15)/t7-,8-,9+,10-/m1/s1.